The monoisotopic (exact) mass is 497 g/mol. The fraction of sp³-hybridized carbons (Fsp3) is 0.143. The molecule has 0 aliphatic rings. The molecule has 5 rings (SSSR count). The molecule has 3 aromatic carbocycles. The molecule has 0 bridgehead atoms. The van der Waals surface area contributed by atoms with Crippen molar-refractivity contribution in [3.05, 3.63) is 102 Å². The van der Waals surface area contributed by atoms with Crippen LogP contribution in [0.5, 0.6) is 5.75 Å². The average molecular weight is 498 g/mol. The first kappa shape index (κ1) is 23.9. The quantitative estimate of drug-likeness (QED) is 0.308. The number of nitrogens with zero attached hydrogens (tertiary/aromatic N) is 4. The molecule has 1 N–H and O–H groups in total. The summed E-state index contributed by atoms with van der Waals surface area (Å²) >= 11 is 0. The molecule has 9 heteroatoms. The van der Waals surface area contributed by atoms with Crippen LogP contribution in [-0.4, -0.2) is 32.9 Å². The summed E-state index contributed by atoms with van der Waals surface area (Å²) in [4.78, 5) is 17.0. The van der Waals surface area contributed by atoms with E-state index >= 15 is 0 Å². The second-order valence-electron chi connectivity index (χ2n) is 8.31. The van der Waals surface area contributed by atoms with Crippen LogP contribution in [0.2, 0.25) is 0 Å². The molecule has 8 nitrogen and oxygen atoms in total. The number of para-hydroxylation sites is 1. The fourth-order valence-electron chi connectivity index (χ4n) is 3.82. The van der Waals surface area contributed by atoms with Crippen molar-refractivity contribution in [2.24, 2.45) is 0 Å². The van der Waals surface area contributed by atoms with Gasteiger partial charge in [-0.3, -0.25) is 4.79 Å². The van der Waals surface area contributed by atoms with E-state index in [4.69, 9.17) is 14.4 Å². The number of aromatic nitrogens is 4. The molecule has 186 valence electrons. The predicted molar refractivity (Wildman–Crippen MR) is 135 cm³/mol. The number of hydrogen-bond acceptors (Lipinski definition) is 6. The van der Waals surface area contributed by atoms with Gasteiger partial charge in [-0.1, -0.05) is 23.4 Å². The molecule has 0 aliphatic carbocycles. The van der Waals surface area contributed by atoms with Crippen molar-refractivity contribution in [3.63, 3.8) is 0 Å². The molecule has 0 saturated heterocycles. The first-order valence-electron chi connectivity index (χ1n) is 11.7. The second-order valence-corrected chi connectivity index (χ2v) is 8.31. The van der Waals surface area contributed by atoms with E-state index in [2.05, 4.69) is 15.5 Å². The van der Waals surface area contributed by atoms with Crippen LogP contribution in [0.4, 0.5) is 4.39 Å². The first-order valence-corrected chi connectivity index (χ1v) is 11.7. The number of halogens is 1. The molecule has 0 radical (unpaired) electrons. The summed E-state index contributed by atoms with van der Waals surface area (Å²) in [6.45, 7) is 0.263. The van der Waals surface area contributed by atoms with E-state index in [1.165, 1.54) is 12.1 Å². The van der Waals surface area contributed by atoms with Crippen molar-refractivity contribution < 1.29 is 18.4 Å². The van der Waals surface area contributed by atoms with Gasteiger partial charge in [0, 0.05) is 42.3 Å². The predicted octanol–water partition coefficient (Wildman–Crippen LogP) is 4.99. The van der Waals surface area contributed by atoms with Crippen LogP contribution >= 0.6 is 0 Å². The third-order valence-electron chi connectivity index (χ3n) is 5.79. The van der Waals surface area contributed by atoms with E-state index in [1.807, 2.05) is 60.8 Å². The van der Waals surface area contributed by atoms with Crippen molar-refractivity contribution in [2.45, 2.75) is 19.4 Å². The zero-order valence-corrected chi connectivity index (χ0v) is 20.1. The number of benzene rings is 3. The highest BCUT2D eigenvalue weighted by Gasteiger charge is 2.15. The van der Waals surface area contributed by atoms with Gasteiger partial charge in [-0.2, -0.15) is 10.1 Å². The molecule has 0 spiro atoms. The van der Waals surface area contributed by atoms with Gasteiger partial charge in [-0.05, 0) is 60.7 Å². The van der Waals surface area contributed by atoms with Gasteiger partial charge in [-0.15, -0.1) is 0 Å². The summed E-state index contributed by atoms with van der Waals surface area (Å²) in [5, 5.41) is 11.6. The molecule has 2 heterocycles. The maximum atomic E-state index is 13.5. The second kappa shape index (κ2) is 10.9. The number of methoxy groups -OCH3 is 1. The van der Waals surface area contributed by atoms with Crippen LogP contribution in [0.15, 0.2) is 89.6 Å². The Balaban J connectivity index is 1.24. The molecular formula is C28H24FN5O3. The normalized spacial score (nSPS) is 10.9. The zero-order valence-electron chi connectivity index (χ0n) is 20.1. The minimum Gasteiger partial charge on any atom is -0.497 e. The zero-order chi connectivity index (χ0) is 25.6. The fourth-order valence-corrected chi connectivity index (χ4v) is 3.82. The number of carbonyl (C=O) groups is 1. The minimum atomic E-state index is -0.322. The molecule has 0 atom stereocenters. The number of carbonyl (C=O) groups excluding carboxylic acids is 1. The van der Waals surface area contributed by atoms with Gasteiger partial charge in [0.2, 0.25) is 17.6 Å². The van der Waals surface area contributed by atoms with Gasteiger partial charge >= 0.3 is 0 Å². The van der Waals surface area contributed by atoms with Crippen molar-refractivity contribution >= 4 is 5.91 Å². The SMILES string of the molecule is COc1ccc(-c2noc(CCC(=O)NCc3cn(-c4ccccc4)nc3-c3ccc(F)cc3)n2)cc1. The van der Waals surface area contributed by atoms with Gasteiger partial charge < -0.3 is 14.6 Å². The molecular weight excluding hydrogens is 473 g/mol. The Morgan fingerprint density at radius 3 is 2.46 bits per heavy atom. The Labute approximate surface area is 212 Å². The van der Waals surface area contributed by atoms with E-state index in [9.17, 15) is 9.18 Å². The van der Waals surface area contributed by atoms with Crippen LogP contribution in [0.3, 0.4) is 0 Å². The third-order valence-corrected chi connectivity index (χ3v) is 5.79. The number of ether oxygens (including phenoxy) is 1. The molecule has 37 heavy (non-hydrogen) atoms. The maximum Gasteiger partial charge on any atom is 0.227 e. The van der Waals surface area contributed by atoms with E-state index in [0.29, 0.717) is 23.8 Å². The first-order chi connectivity index (χ1) is 18.1. The van der Waals surface area contributed by atoms with E-state index in [-0.39, 0.29) is 24.7 Å². The summed E-state index contributed by atoms with van der Waals surface area (Å²) in [7, 11) is 1.60. The van der Waals surface area contributed by atoms with Crippen LogP contribution in [-0.2, 0) is 17.8 Å². The van der Waals surface area contributed by atoms with Crippen LogP contribution in [0.1, 0.15) is 17.9 Å². The Hall–Kier alpha value is -4.79. The summed E-state index contributed by atoms with van der Waals surface area (Å²) in [5.74, 6) is 1.08. The number of rotatable bonds is 9. The smallest absolute Gasteiger partial charge is 0.227 e. The minimum absolute atomic E-state index is 0.165. The van der Waals surface area contributed by atoms with E-state index in [1.54, 1.807) is 23.9 Å². The Morgan fingerprint density at radius 1 is 1.00 bits per heavy atom. The highest BCUT2D eigenvalue weighted by atomic mass is 19.1. The lowest BCUT2D eigenvalue weighted by Crippen LogP contribution is -2.23. The molecule has 0 unspecified atom stereocenters. The lowest BCUT2D eigenvalue weighted by molar-refractivity contribution is -0.121. The lowest BCUT2D eigenvalue weighted by atomic mass is 10.1. The van der Waals surface area contributed by atoms with Gasteiger partial charge in [0.05, 0.1) is 18.5 Å². The Kier molecular flexibility index (Phi) is 7.02. The number of aryl methyl sites for hydroxylation is 1. The van der Waals surface area contributed by atoms with Gasteiger partial charge in [0.1, 0.15) is 11.6 Å². The van der Waals surface area contributed by atoms with Crippen LogP contribution in [0.25, 0.3) is 28.3 Å². The molecule has 2 aromatic heterocycles. The maximum absolute atomic E-state index is 13.5. The van der Waals surface area contributed by atoms with Crippen LogP contribution in [0, 0.1) is 5.82 Å². The molecule has 0 aliphatic heterocycles. The van der Waals surface area contributed by atoms with Crippen molar-refractivity contribution in [2.75, 3.05) is 7.11 Å². The summed E-state index contributed by atoms with van der Waals surface area (Å²) in [6.07, 6.45) is 2.36. The molecule has 5 aromatic rings. The Morgan fingerprint density at radius 2 is 1.73 bits per heavy atom. The summed E-state index contributed by atoms with van der Waals surface area (Å²) < 4.78 is 25.7. The number of hydrogen-bond donors (Lipinski definition) is 1. The Bertz CT molecular complexity index is 1480. The standard InChI is InChI=1S/C28H24FN5O3/c1-36-24-13-9-20(10-14-24)28-31-26(37-33-28)16-15-25(35)30-17-21-18-34(23-5-3-2-4-6-23)32-27(21)19-7-11-22(29)12-8-19/h2-14,18H,15-17H2,1H3,(H,30,35). The largest absolute Gasteiger partial charge is 0.497 e. The number of amides is 1. The molecule has 0 fully saturated rings. The average Bonchev–Trinajstić information content (AvgIpc) is 3.59. The van der Waals surface area contributed by atoms with E-state index in [0.717, 1.165) is 28.1 Å². The van der Waals surface area contributed by atoms with Crippen LogP contribution < -0.4 is 10.1 Å². The van der Waals surface area contributed by atoms with Crippen molar-refractivity contribution in [1.82, 2.24) is 25.2 Å². The molecule has 1 amide bonds. The van der Waals surface area contributed by atoms with Crippen molar-refractivity contribution in [3.8, 4) is 34.1 Å². The summed E-state index contributed by atoms with van der Waals surface area (Å²) in [5.41, 5.74) is 3.92. The summed E-state index contributed by atoms with van der Waals surface area (Å²) in [6, 6.07) is 23.1. The van der Waals surface area contributed by atoms with Crippen molar-refractivity contribution in [1.29, 1.82) is 0 Å². The molecule has 0 saturated carbocycles. The highest BCUT2D eigenvalue weighted by Crippen LogP contribution is 2.24. The van der Waals surface area contributed by atoms with Gasteiger partial charge in [-0.25, -0.2) is 9.07 Å². The van der Waals surface area contributed by atoms with Gasteiger partial charge in [0.15, 0.2) is 0 Å². The third kappa shape index (κ3) is 5.72. The highest BCUT2D eigenvalue weighted by molar-refractivity contribution is 5.76. The lowest BCUT2D eigenvalue weighted by Gasteiger charge is -2.05. The van der Waals surface area contributed by atoms with Gasteiger partial charge in [0.25, 0.3) is 0 Å². The number of nitrogens with one attached hydrogen (secondary N) is 1. The topological polar surface area (TPSA) is 95.1 Å². The van der Waals surface area contributed by atoms with E-state index < -0.39 is 0 Å².